The van der Waals surface area contributed by atoms with Gasteiger partial charge in [-0.1, -0.05) is 45.8 Å². The van der Waals surface area contributed by atoms with Crippen LogP contribution in [0.2, 0.25) is 0 Å². The molecule has 5 N–H and O–H groups in total. The quantitative estimate of drug-likeness (QED) is 0.175. The molecule has 5 fully saturated rings. The maximum Gasteiger partial charge on any atom is 0.161 e. The molecule has 3 saturated carbocycles. The highest BCUT2D eigenvalue weighted by Gasteiger charge is 2.62. The largest absolute Gasteiger partial charge is 0.394 e. The van der Waals surface area contributed by atoms with E-state index in [4.69, 9.17) is 18.9 Å². The van der Waals surface area contributed by atoms with E-state index in [1.54, 1.807) is 19.4 Å². The third-order valence-electron chi connectivity index (χ3n) is 14.7. The van der Waals surface area contributed by atoms with Crippen LogP contribution in [-0.2, 0) is 18.9 Å². The minimum absolute atomic E-state index is 0.0251. The van der Waals surface area contributed by atoms with Crippen LogP contribution in [0.25, 0.3) is 0 Å². The van der Waals surface area contributed by atoms with Crippen molar-refractivity contribution in [3.05, 3.63) is 11.6 Å². The zero-order valence-electron chi connectivity index (χ0n) is 31.2. The Morgan fingerprint density at radius 1 is 0.837 bits per heavy atom. The molecule has 6 aliphatic rings. The van der Waals surface area contributed by atoms with Crippen molar-refractivity contribution in [1.82, 2.24) is 0 Å². The summed E-state index contributed by atoms with van der Waals surface area (Å²) in [5, 5.41) is 50.9. The van der Waals surface area contributed by atoms with Gasteiger partial charge < -0.3 is 44.5 Å². The van der Waals surface area contributed by atoms with Crippen molar-refractivity contribution in [2.75, 3.05) is 13.2 Å². The second-order valence-electron chi connectivity index (χ2n) is 18.6. The lowest BCUT2D eigenvalue weighted by atomic mass is 9.43. The van der Waals surface area contributed by atoms with Crippen LogP contribution in [0.3, 0.4) is 0 Å². The summed E-state index contributed by atoms with van der Waals surface area (Å²) in [4.78, 5) is 0. The highest BCUT2D eigenvalue weighted by molar-refractivity contribution is 5.29. The topological polar surface area (TPSA) is 138 Å². The fraction of sp³-hybridized carbons (Fsp3) is 0.950. The molecule has 49 heavy (non-hydrogen) atoms. The molecule has 0 bridgehead atoms. The van der Waals surface area contributed by atoms with Crippen molar-refractivity contribution >= 4 is 0 Å². The van der Waals surface area contributed by atoms with E-state index in [-0.39, 0.29) is 36.3 Å². The first kappa shape index (κ1) is 38.1. The first-order chi connectivity index (χ1) is 23.1. The number of aliphatic hydroxyl groups is 5. The van der Waals surface area contributed by atoms with Gasteiger partial charge in [0.1, 0.15) is 0 Å². The van der Waals surface area contributed by atoms with E-state index in [1.165, 1.54) is 25.7 Å². The highest BCUT2D eigenvalue weighted by Crippen LogP contribution is 2.69. The van der Waals surface area contributed by atoms with Gasteiger partial charge in [-0.2, -0.15) is 0 Å². The van der Waals surface area contributed by atoms with E-state index in [0.717, 1.165) is 38.5 Å². The number of hydrogen-bond acceptors (Lipinski definition) is 9. The van der Waals surface area contributed by atoms with Crippen LogP contribution in [0, 0.1) is 39.9 Å². The van der Waals surface area contributed by atoms with E-state index in [0.29, 0.717) is 54.8 Å². The Kier molecular flexibility index (Phi) is 11.4. The van der Waals surface area contributed by atoms with Crippen LogP contribution in [0.15, 0.2) is 11.6 Å². The number of ether oxygens (including phenoxy) is 4. The van der Waals surface area contributed by atoms with Crippen molar-refractivity contribution in [3.8, 4) is 0 Å². The molecule has 2 saturated heterocycles. The van der Waals surface area contributed by atoms with Crippen LogP contribution in [-0.4, -0.2) is 93.6 Å². The van der Waals surface area contributed by atoms with E-state index in [2.05, 4.69) is 33.8 Å². The van der Waals surface area contributed by atoms with Crippen LogP contribution in [0.4, 0.5) is 0 Å². The predicted octanol–water partition coefficient (Wildman–Crippen LogP) is 5.63. The average molecular weight is 693 g/mol. The molecule has 0 radical (unpaired) electrons. The Labute approximate surface area is 295 Å². The molecule has 2 heterocycles. The van der Waals surface area contributed by atoms with Gasteiger partial charge >= 0.3 is 0 Å². The highest BCUT2D eigenvalue weighted by atomic mass is 16.7. The molecule has 14 atom stereocenters. The molecule has 9 heteroatoms. The fourth-order valence-corrected chi connectivity index (χ4v) is 11.8. The van der Waals surface area contributed by atoms with E-state index in [9.17, 15) is 25.5 Å². The monoisotopic (exact) mass is 692 g/mol. The number of rotatable bonds is 11. The molecular weight excluding hydrogens is 624 g/mol. The second kappa shape index (κ2) is 14.7. The lowest BCUT2D eigenvalue weighted by Gasteiger charge is -2.62. The van der Waals surface area contributed by atoms with E-state index in [1.807, 2.05) is 0 Å². The maximum atomic E-state index is 11.0. The summed E-state index contributed by atoms with van der Waals surface area (Å²) in [6, 6.07) is 0. The minimum atomic E-state index is -1.04. The smallest absolute Gasteiger partial charge is 0.161 e. The molecule has 0 aromatic carbocycles. The van der Waals surface area contributed by atoms with Crippen molar-refractivity contribution in [3.63, 3.8) is 0 Å². The number of hydrogen-bond donors (Lipinski definition) is 5. The van der Waals surface area contributed by atoms with Crippen LogP contribution in [0.5, 0.6) is 0 Å². The average Bonchev–Trinajstić information content (AvgIpc) is 3.36. The van der Waals surface area contributed by atoms with Gasteiger partial charge in [-0.25, -0.2) is 0 Å². The Balaban J connectivity index is 1.08. The molecular formula is C40H68O9. The van der Waals surface area contributed by atoms with Gasteiger partial charge in [-0.05, 0) is 106 Å². The van der Waals surface area contributed by atoms with Crippen LogP contribution in [0.1, 0.15) is 131 Å². The van der Waals surface area contributed by atoms with Gasteiger partial charge in [-0.3, -0.25) is 0 Å². The first-order valence-electron chi connectivity index (χ1n) is 19.7. The molecule has 0 spiro atoms. The van der Waals surface area contributed by atoms with Gasteiger partial charge in [0.05, 0.1) is 55.4 Å². The molecule has 282 valence electrons. The minimum Gasteiger partial charge on any atom is -0.394 e. The fourth-order valence-electron chi connectivity index (χ4n) is 11.8. The van der Waals surface area contributed by atoms with Crippen molar-refractivity contribution in [2.24, 2.45) is 39.9 Å². The molecule has 9 nitrogen and oxygen atoms in total. The predicted molar refractivity (Wildman–Crippen MR) is 186 cm³/mol. The van der Waals surface area contributed by atoms with E-state index < -0.39 is 42.6 Å². The summed E-state index contributed by atoms with van der Waals surface area (Å²) in [7, 11) is 0. The van der Waals surface area contributed by atoms with Gasteiger partial charge in [0, 0.05) is 31.1 Å². The third-order valence-corrected chi connectivity index (χ3v) is 14.7. The normalized spacial score (nSPS) is 45.9. The summed E-state index contributed by atoms with van der Waals surface area (Å²) >= 11 is 0. The Bertz CT molecular complexity index is 1150. The number of allylic oxidation sites excluding steroid dienone is 1. The van der Waals surface area contributed by atoms with Gasteiger partial charge in [0.25, 0.3) is 0 Å². The maximum absolute atomic E-state index is 11.0. The summed E-state index contributed by atoms with van der Waals surface area (Å²) in [5.41, 5.74) is 1.01. The molecule has 6 rings (SSSR count). The summed E-state index contributed by atoms with van der Waals surface area (Å²) in [6.07, 6.45) is 12.1. The molecule has 4 aliphatic carbocycles. The molecule has 3 unspecified atom stereocenters. The Morgan fingerprint density at radius 3 is 2.12 bits per heavy atom. The van der Waals surface area contributed by atoms with Gasteiger partial charge in [-0.15, -0.1) is 0 Å². The van der Waals surface area contributed by atoms with E-state index >= 15 is 0 Å². The van der Waals surface area contributed by atoms with Crippen LogP contribution >= 0.6 is 0 Å². The molecule has 0 amide bonds. The molecule has 0 aromatic rings. The summed E-state index contributed by atoms with van der Waals surface area (Å²) in [6.45, 7) is 13.2. The van der Waals surface area contributed by atoms with Crippen LogP contribution < -0.4 is 0 Å². The Morgan fingerprint density at radius 2 is 1.47 bits per heavy atom. The third kappa shape index (κ3) is 7.59. The number of fused-ring (bicyclic) bond motifs is 5. The molecule has 0 aromatic heterocycles. The number of aliphatic hydroxyl groups excluding tert-OH is 4. The zero-order valence-corrected chi connectivity index (χ0v) is 31.2. The lowest BCUT2D eigenvalue weighted by molar-refractivity contribution is -0.260. The molecule has 2 aliphatic heterocycles. The van der Waals surface area contributed by atoms with Gasteiger partial charge in [0.2, 0.25) is 0 Å². The van der Waals surface area contributed by atoms with Crippen molar-refractivity contribution < 1.29 is 44.5 Å². The second-order valence-corrected chi connectivity index (χ2v) is 18.6. The Hall–Kier alpha value is -0.620. The van der Waals surface area contributed by atoms with Gasteiger partial charge in [0.15, 0.2) is 12.6 Å². The zero-order chi connectivity index (χ0) is 35.4. The SMILES string of the molecule is CC(C)(O)[C@@H](CCCC1CCC2[C@@H]3CC=C4C(CC[C@H](O[C@H]5C[C@@H](O)C[C@@H](CO)O5)C4(C)C)[C@]3(C)CC[C@]12C)O[C@H]1C[C@@H](O)C[C@@H](CO)O1. The summed E-state index contributed by atoms with van der Waals surface area (Å²) < 4.78 is 24.8. The standard InChI is InChI=1S/C40H68O9/c1-37(2)29-12-13-32-31-11-10-24(8-7-9-34(38(3,4)45)49-36-21-26(44)19-28(23-42)47-36)39(31,5)16-17-40(32,6)30(29)14-15-33(37)48-35-20-25(43)18-27(22-41)46-35/h12,24-28,30-36,41-45H,7-11,13-23H2,1-6H3/t24?,25-,26-,27-,28-,30?,31?,32-,33-,34+,35-,36-,39+,40-/m0/s1. The first-order valence-corrected chi connectivity index (χ1v) is 19.7. The van der Waals surface area contributed by atoms with Crippen molar-refractivity contribution in [1.29, 1.82) is 0 Å². The van der Waals surface area contributed by atoms with Crippen molar-refractivity contribution in [2.45, 2.75) is 186 Å². The summed E-state index contributed by atoms with van der Waals surface area (Å²) in [5.74, 6) is 2.62. The lowest BCUT2D eigenvalue weighted by Crippen LogP contribution is -2.55.